The number of pyridine rings is 1. The van der Waals surface area contributed by atoms with Gasteiger partial charge in [0.2, 0.25) is 0 Å². The first-order valence-electron chi connectivity index (χ1n) is 4.41. The summed E-state index contributed by atoms with van der Waals surface area (Å²) in [7, 11) is 0. The number of aryl methyl sites for hydroxylation is 3. The minimum atomic E-state index is -0.924. The summed E-state index contributed by atoms with van der Waals surface area (Å²) in [4.78, 5) is 14.9. The van der Waals surface area contributed by atoms with Gasteiger partial charge in [0.1, 0.15) is 0 Å². The Bertz CT molecular complexity index is 371. The molecule has 0 atom stereocenters. The molecule has 0 aliphatic heterocycles. The topological polar surface area (TPSA) is 50.2 Å². The Morgan fingerprint density at radius 2 is 2.31 bits per heavy atom. The SMILES string of the molecule is Cc1cc2c(nc1C(=O)O)CCC2. The van der Waals surface area contributed by atoms with Crippen molar-refractivity contribution in [2.75, 3.05) is 0 Å². The fourth-order valence-electron chi connectivity index (χ4n) is 1.80. The van der Waals surface area contributed by atoms with E-state index in [2.05, 4.69) is 4.98 Å². The number of aromatic nitrogens is 1. The maximum atomic E-state index is 10.8. The molecule has 3 nitrogen and oxygen atoms in total. The number of carboxylic acids is 1. The smallest absolute Gasteiger partial charge is 0.354 e. The Labute approximate surface area is 76.4 Å². The molecular weight excluding hydrogens is 166 g/mol. The van der Waals surface area contributed by atoms with Gasteiger partial charge in [0.25, 0.3) is 0 Å². The van der Waals surface area contributed by atoms with E-state index in [0.717, 1.165) is 30.5 Å². The number of carboxylic acid groups (broad SMARTS) is 1. The van der Waals surface area contributed by atoms with E-state index >= 15 is 0 Å². The first-order chi connectivity index (χ1) is 6.18. The summed E-state index contributed by atoms with van der Waals surface area (Å²) in [5, 5.41) is 8.83. The highest BCUT2D eigenvalue weighted by atomic mass is 16.4. The van der Waals surface area contributed by atoms with Crippen LogP contribution in [-0.4, -0.2) is 16.1 Å². The molecule has 1 aliphatic carbocycles. The molecule has 0 saturated heterocycles. The minimum Gasteiger partial charge on any atom is -0.477 e. The first kappa shape index (κ1) is 8.23. The van der Waals surface area contributed by atoms with Crippen LogP contribution in [0.25, 0.3) is 0 Å². The van der Waals surface area contributed by atoms with Crippen molar-refractivity contribution in [3.63, 3.8) is 0 Å². The molecule has 1 aliphatic rings. The monoisotopic (exact) mass is 177 g/mol. The van der Waals surface area contributed by atoms with Gasteiger partial charge in [-0.2, -0.15) is 0 Å². The van der Waals surface area contributed by atoms with Crippen LogP contribution < -0.4 is 0 Å². The average molecular weight is 177 g/mol. The Balaban J connectivity index is 2.55. The molecule has 2 rings (SSSR count). The lowest BCUT2D eigenvalue weighted by Crippen LogP contribution is -2.06. The molecular formula is C10H11NO2. The van der Waals surface area contributed by atoms with Crippen molar-refractivity contribution < 1.29 is 9.90 Å². The highest BCUT2D eigenvalue weighted by Gasteiger charge is 2.17. The summed E-state index contributed by atoms with van der Waals surface area (Å²) < 4.78 is 0. The van der Waals surface area contributed by atoms with Gasteiger partial charge in [-0.1, -0.05) is 6.07 Å². The number of fused-ring (bicyclic) bond motifs is 1. The molecule has 13 heavy (non-hydrogen) atoms. The second-order valence-corrected chi connectivity index (χ2v) is 3.42. The van der Waals surface area contributed by atoms with Crippen LogP contribution in [0.5, 0.6) is 0 Å². The van der Waals surface area contributed by atoms with Crippen molar-refractivity contribution in [1.82, 2.24) is 4.98 Å². The van der Waals surface area contributed by atoms with E-state index in [1.54, 1.807) is 6.92 Å². The number of aromatic carboxylic acids is 1. The van der Waals surface area contributed by atoms with Crippen LogP contribution in [0.1, 0.15) is 33.7 Å². The lowest BCUT2D eigenvalue weighted by atomic mass is 10.1. The zero-order chi connectivity index (χ0) is 9.42. The Morgan fingerprint density at radius 3 is 3.00 bits per heavy atom. The first-order valence-corrected chi connectivity index (χ1v) is 4.41. The molecule has 0 amide bonds. The van der Waals surface area contributed by atoms with Crippen LogP contribution in [0.3, 0.4) is 0 Å². The third kappa shape index (κ3) is 1.30. The second kappa shape index (κ2) is 2.83. The normalized spacial score (nSPS) is 14.2. The molecule has 0 bridgehead atoms. The van der Waals surface area contributed by atoms with Crippen LogP contribution in [0.4, 0.5) is 0 Å². The molecule has 0 radical (unpaired) electrons. The van der Waals surface area contributed by atoms with Gasteiger partial charge in [0.05, 0.1) is 0 Å². The molecule has 0 unspecified atom stereocenters. The number of hydrogen-bond acceptors (Lipinski definition) is 2. The van der Waals surface area contributed by atoms with E-state index in [1.807, 2.05) is 6.07 Å². The summed E-state index contributed by atoms with van der Waals surface area (Å²) in [6, 6.07) is 1.96. The largest absolute Gasteiger partial charge is 0.477 e. The predicted molar refractivity (Wildman–Crippen MR) is 48.0 cm³/mol. The van der Waals surface area contributed by atoms with Gasteiger partial charge in [-0.25, -0.2) is 9.78 Å². The third-order valence-corrected chi connectivity index (χ3v) is 2.44. The molecule has 0 fully saturated rings. The van der Waals surface area contributed by atoms with E-state index in [-0.39, 0.29) is 5.69 Å². The van der Waals surface area contributed by atoms with Crippen LogP contribution in [0, 0.1) is 6.92 Å². The zero-order valence-corrected chi connectivity index (χ0v) is 7.50. The molecule has 1 N–H and O–H groups in total. The van der Waals surface area contributed by atoms with Gasteiger partial charge < -0.3 is 5.11 Å². The highest BCUT2D eigenvalue weighted by molar-refractivity contribution is 5.87. The van der Waals surface area contributed by atoms with E-state index < -0.39 is 5.97 Å². The second-order valence-electron chi connectivity index (χ2n) is 3.42. The Hall–Kier alpha value is -1.38. The summed E-state index contributed by atoms with van der Waals surface area (Å²) in [5.74, 6) is -0.924. The minimum absolute atomic E-state index is 0.209. The predicted octanol–water partition coefficient (Wildman–Crippen LogP) is 1.58. The van der Waals surface area contributed by atoms with Crippen molar-refractivity contribution in [1.29, 1.82) is 0 Å². The maximum absolute atomic E-state index is 10.8. The quantitative estimate of drug-likeness (QED) is 0.708. The van der Waals surface area contributed by atoms with Crippen molar-refractivity contribution in [2.45, 2.75) is 26.2 Å². The molecule has 68 valence electrons. The lowest BCUT2D eigenvalue weighted by molar-refractivity contribution is 0.0689. The van der Waals surface area contributed by atoms with Crippen molar-refractivity contribution in [3.05, 3.63) is 28.6 Å². The van der Waals surface area contributed by atoms with E-state index in [9.17, 15) is 4.79 Å². The molecule has 0 saturated carbocycles. The number of nitrogens with zero attached hydrogens (tertiary/aromatic N) is 1. The summed E-state index contributed by atoms with van der Waals surface area (Å²) >= 11 is 0. The Morgan fingerprint density at radius 1 is 1.54 bits per heavy atom. The maximum Gasteiger partial charge on any atom is 0.354 e. The van der Waals surface area contributed by atoms with Crippen molar-refractivity contribution in [2.24, 2.45) is 0 Å². The number of rotatable bonds is 1. The van der Waals surface area contributed by atoms with Crippen LogP contribution >= 0.6 is 0 Å². The summed E-state index contributed by atoms with van der Waals surface area (Å²) in [5.41, 5.74) is 3.18. The van der Waals surface area contributed by atoms with Gasteiger partial charge >= 0.3 is 5.97 Å². The molecule has 3 heteroatoms. The van der Waals surface area contributed by atoms with Gasteiger partial charge in [0, 0.05) is 5.69 Å². The number of carbonyl (C=O) groups is 1. The molecule has 1 aromatic rings. The third-order valence-electron chi connectivity index (χ3n) is 2.44. The van der Waals surface area contributed by atoms with E-state index in [1.165, 1.54) is 5.56 Å². The van der Waals surface area contributed by atoms with Crippen LogP contribution in [0.2, 0.25) is 0 Å². The molecule has 0 spiro atoms. The fraction of sp³-hybridized carbons (Fsp3) is 0.400. The summed E-state index contributed by atoms with van der Waals surface area (Å²) in [6.07, 6.45) is 3.07. The Kier molecular flexibility index (Phi) is 1.79. The fourth-order valence-corrected chi connectivity index (χ4v) is 1.80. The standard InChI is InChI=1S/C10H11NO2/c1-6-5-7-3-2-4-8(7)11-9(6)10(12)13/h5H,2-4H2,1H3,(H,12,13). The van der Waals surface area contributed by atoms with Crippen molar-refractivity contribution >= 4 is 5.97 Å². The highest BCUT2D eigenvalue weighted by Crippen LogP contribution is 2.22. The molecule has 1 aromatic heterocycles. The average Bonchev–Trinajstić information content (AvgIpc) is 2.48. The van der Waals surface area contributed by atoms with E-state index in [0.29, 0.717) is 0 Å². The van der Waals surface area contributed by atoms with Crippen LogP contribution in [0.15, 0.2) is 6.07 Å². The van der Waals surface area contributed by atoms with Gasteiger partial charge in [-0.15, -0.1) is 0 Å². The zero-order valence-electron chi connectivity index (χ0n) is 7.50. The lowest BCUT2D eigenvalue weighted by Gasteiger charge is -2.03. The number of hydrogen-bond donors (Lipinski definition) is 1. The van der Waals surface area contributed by atoms with Crippen LogP contribution in [-0.2, 0) is 12.8 Å². The van der Waals surface area contributed by atoms with Crippen molar-refractivity contribution in [3.8, 4) is 0 Å². The van der Waals surface area contributed by atoms with Gasteiger partial charge in [-0.3, -0.25) is 0 Å². The summed E-state index contributed by atoms with van der Waals surface area (Å²) in [6.45, 7) is 1.80. The van der Waals surface area contributed by atoms with Gasteiger partial charge in [-0.05, 0) is 37.3 Å². The van der Waals surface area contributed by atoms with Gasteiger partial charge in [0.15, 0.2) is 5.69 Å². The molecule has 0 aromatic carbocycles. The molecule has 1 heterocycles. The van der Waals surface area contributed by atoms with E-state index in [4.69, 9.17) is 5.11 Å².